The zero-order chi connectivity index (χ0) is 58.3. The maximum Gasteiger partial charge on any atom is 0.394 e. The number of hydrogen-bond donors (Lipinski definition) is 4. The summed E-state index contributed by atoms with van der Waals surface area (Å²) in [6.07, 6.45) is 2.39. The molecule has 0 unspecified atom stereocenters. The van der Waals surface area contributed by atoms with Crippen LogP contribution in [0.2, 0.25) is 20.2 Å². The molecule has 3 fully saturated rings. The number of halogens is 4. The molecule has 6 heterocycles. The first-order valence-electron chi connectivity index (χ1n) is 25.5. The van der Waals surface area contributed by atoms with E-state index in [1.165, 1.54) is 0 Å². The Balaban J connectivity index is 0.000000145. The van der Waals surface area contributed by atoms with Crippen LogP contribution in [0, 0.1) is 13.1 Å². The number of hydrogen-bond acceptors (Lipinski definition) is 12. The zero-order valence-corrected chi connectivity index (χ0v) is 47.5. The van der Waals surface area contributed by atoms with Crippen molar-refractivity contribution in [2.75, 3.05) is 54.0 Å². The number of aliphatic hydroxyl groups excluding tert-OH is 1. The number of β-amino-alcohol motifs (C(OH)–C–C–N with tert-alkyl or cyclic N) is 1. The molecule has 3 saturated heterocycles. The predicted molar refractivity (Wildman–Crippen MR) is 325 cm³/mol. The lowest BCUT2D eigenvalue weighted by Crippen LogP contribution is -2.27. The molecule has 0 spiro atoms. The number of ether oxygens (including phenoxy) is 2. The highest BCUT2D eigenvalue weighted by Gasteiger charge is 2.28. The Labute approximate surface area is 494 Å². The molecule has 0 bridgehead atoms. The number of carbonyl (C=O) groups is 1. The predicted octanol–water partition coefficient (Wildman–Crippen LogP) is 13.4. The summed E-state index contributed by atoms with van der Waals surface area (Å²) in [6.45, 7) is 19.0. The van der Waals surface area contributed by atoms with Crippen LogP contribution in [0.3, 0.4) is 0 Å². The number of nitrogens with zero attached hydrogens (tertiary/aromatic N) is 8. The first-order valence-corrected chi connectivity index (χ1v) is 28.4. The van der Waals surface area contributed by atoms with Gasteiger partial charge in [-0.3, -0.25) is 13.9 Å². The van der Waals surface area contributed by atoms with Crippen molar-refractivity contribution in [1.82, 2.24) is 15.0 Å². The molecular weight excluding hydrogens is 1150 g/mol. The van der Waals surface area contributed by atoms with Crippen molar-refractivity contribution in [3.8, 4) is 11.8 Å². The Hall–Kier alpha value is -8.01. The highest BCUT2D eigenvalue weighted by atomic mass is 35.5. The standard InChI is InChI=1S/C20H18ClN3O2.C20H16ClN3O.C11H12N2O.C9H5Cl2N.H2O4S/c21-14-6-7-17-13(11-14)5-8-19(23-17)26-15-9-10-24(12-15)18-4-2-1-3-16(18)20(22)25;1-22-18-4-2-3-5-19(18)24-11-10-16(13-24)25-20-9-6-14-12-15(21)7-8-17(14)23-20;1-12-10-4-2-3-5-11(10)13-7-6-9(14)8-13;10-7-2-3-8-6(5-7)1-4-9(11)12-8;1-5(2,3)4/h1-8,11,15H,9-10,12H2,(H2,22,25);2-9,12,16H,10-11,13H2;2-5,9,14H,6-8H2;1-5H;(H2,1,2,3,4)/t15-;16-;9-;;/m111../s1. The number of anilines is 3. The van der Waals surface area contributed by atoms with Crippen LogP contribution < -0.4 is 29.9 Å². The molecule has 0 aliphatic carbocycles. The molecule has 3 aromatic heterocycles. The van der Waals surface area contributed by atoms with Crippen molar-refractivity contribution in [2.45, 2.75) is 37.6 Å². The molecule has 5 N–H and O–H groups in total. The Kier molecular flexibility index (Phi) is 20.6. The van der Waals surface area contributed by atoms with Crippen molar-refractivity contribution in [3.63, 3.8) is 0 Å². The van der Waals surface area contributed by atoms with Crippen molar-refractivity contribution in [3.05, 3.63) is 212 Å². The second-order valence-electron chi connectivity index (χ2n) is 18.8. The van der Waals surface area contributed by atoms with E-state index in [2.05, 4.69) is 39.3 Å². The number of aliphatic hydroxyl groups is 1. The van der Waals surface area contributed by atoms with Gasteiger partial charge in [0.25, 0.3) is 5.91 Å². The van der Waals surface area contributed by atoms with Gasteiger partial charge >= 0.3 is 10.4 Å². The largest absolute Gasteiger partial charge is 0.472 e. The molecule has 9 aromatic rings. The summed E-state index contributed by atoms with van der Waals surface area (Å²) >= 11 is 23.5. The van der Waals surface area contributed by atoms with Crippen LogP contribution in [0.15, 0.2) is 164 Å². The number of pyridine rings is 3. The van der Waals surface area contributed by atoms with Gasteiger partial charge in [0.15, 0.2) is 0 Å². The molecule has 17 nitrogen and oxygen atoms in total. The lowest BCUT2D eigenvalue weighted by molar-refractivity contribution is 0.100. The minimum absolute atomic E-state index is 0.00758. The summed E-state index contributed by atoms with van der Waals surface area (Å²) in [5.74, 6) is 0.801. The average molecular weight is 1200 g/mol. The summed E-state index contributed by atoms with van der Waals surface area (Å²) in [4.78, 5) is 38.4. The Bertz CT molecular complexity index is 3880. The summed E-state index contributed by atoms with van der Waals surface area (Å²) in [5.41, 5.74) is 12.7. The van der Waals surface area contributed by atoms with Crippen LogP contribution in [-0.2, 0) is 10.4 Å². The van der Waals surface area contributed by atoms with Crippen LogP contribution in [-0.4, -0.2) is 101 Å². The SMILES string of the molecule is Clc1ccc2nc(Cl)ccc2c1.NC(=O)c1ccccc1N1CC[C@@H](Oc2ccc3cc(Cl)ccc3n2)C1.O=S(=O)(O)O.[C-]#[N+]c1ccccc1N1CC[C@@H](O)C1.[C-]#[N+]c1ccccc1N1CC[C@@H](Oc2ccc3cc(Cl)ccc3n2)C1. The number of primary amides is 1. The number of carbonyl (C=O) groups excluding carboxylic acids is 1. The van der Waals surface area contributed by atoms with E-state index < -0.39 is 16.3 Å². The maximum atomic E-state index is 11.6. The first-order chi connectivity index (χ1) is 39.4. The second kappa shape index (κ2) is 28.1. The number of amides is 1. The number of para-hydroxylation sites is 5. The molecular formula is C60H53Cl4N9O8S. The molecule has 12 rings (SSSR count). The third-order valence-electron chi connectivity index (χ3n) is 13.1. The summed E-state index contributed by atoms with van der Waals surface area (Å²) in [5, 5.41) is 15.0. The Morgan fingerprint density at radius 3 is 1.37 bits per heavy atom. The van der Waals surface area contributed by atoms with Gasteiger partial charge < -0.3 is 35.0 Å². The molecule has 6 aromatic carbocycles. The fourth-order valence-corrected chi connectivity index (χ4v) is 10.1. The first kappa shape index (κ1) is 60.1. The number of nitrogens with two attached hydrogens (primary N) is 1. The van der Waals surface area contributed by atoms with Crippen LogP contribution in [0.1, 0.15) is 29.6 Å². The second-order valence-corrected chi connectivity index (χ2v) is 21.4. The molecule has 3 aliphatic heterocycles. The highest BCUT2D eigenvalue weighted by Crippen LogP contribution is 2.34. The van der Waals surface area contributed by atoms with E-state index in [4.69, 9.17) is 92.3 Å². The van der Waals surface area contributed by atoms with Crippen molar-refractivity contribution in [2.24, 2.45) is 5.73 Å². The zero-order valence-electron chi connectivity index (χ0n) is 43.6. The van der Waals surface area contributed by atoms with Gasteiger partial charge in [0.05, 0.1) is 54.5 Å². The molecule has 0 saturated carbocycles. The molecule has 3 aliphatic rings. The van der Waals surface area contributed by atoms with E-state index in [0.717, 1.165) is 95.2 Å². The van der Waals surface area contributed by atoms with Gasteiger partial charge in [0.2, 0.25) is 23.1 Å². The van der Waals surface area contributed by atoms with Gasteiger partial charge in [-0.25, -0.2) is 24.6 Å². The van der Waals surface area contributed by atoms with E-state index >= 15 is 0 Å². The van der Waals surface area contributed by atoms with Gasteiger partial charge in [0, 0.05) is 99.4 Å². The van der Waals surface area contributed by atoms with Gasteiger partial charge in [-0.15, -0.1) is 0 Å². The van der Waals surface area contributed by atoms with Crippen LogP contribution in [0.25, 0.3) is 42.4 Å². The van der Waals surface area contributed by atoms with E-state index in [0.29, 0.717) is 62.0 Å². The van der Waals surface area contributed by atoms with E-state index in [1.807, 2.05) is 146 Å². The molecule has 3 atom stereocenters. The Morgan fingerprint density at radius 1 is 0.537 bits per heavy atom. The van der Waals surface area contributed by atoms with Crippen molar-refractivity contribution < 1.29 is 36.9 Å². The average Bonchev–Trinajstić information content (AvgIpc) is 4.42. The summed E-state index contributed by atoms with van der Waals surface area (Å²) < 4.78 is 43.7. The topological polar surface area (TPSA) is 213 Å². The maximum absolute atomic E-state index is 11.6. The molecule has 420 valence electrons. The third kappa shape index (κ3) is 17.0. The normalized spacial score (nSPS) is 16.3. The van der Waals surface area contributed by atoms with Crippen LogP contribution in [0.5, 0.6) is 11.8 Å². The number of benzene rings is 6. The lowest BCUT2D eigenvalue weighted by Gasteiger charge is -2.21. The summed E-state index contributed by atoms with van der Waals surface area (Å²) in [7, 11) is -4.67. The van der Waals surface area contributed by atoms with E-state index in [9.17, 15) is 9.90 Å². The quantitative estimate of drug-likeness (QED) is 0.0633. The van der Waals surface area contributed by atoms with Gasteiger partial charge in [-0.05, 0) is 110 Å². The lowest BCUT2D eigenvalue weighted by atomic mass is 10.1. The molecule has 82 heavy (non-hydrogen) atoms. The Morgan fingerprint density at radius 2 is 0.927 bits per heavy atom. The smallest absolute Gasteiger partial charge is 0.394 e. The fraction of sp³-hybridized carbons (Fsp3) is 0.200. The minimum atomic E-state index is -4.67. The highest BCUT2D eigenvalue weighted by molar-refractivity contribution is 7.79. The number of rotatable bonds is 8. The third-order valence-corrected chi connectivity index (χ3v) is 14.0. The fourth-order valence-electron chi connectivity index (χ4n) is 9.36. The van der Waals surface area contributed by atoms with Crippen LogP contribution in [0.4, 0.5) is 28.4 Å². The van der Waals surface area contributed by atoms with Crippen molar-refractivity contribution in [1.29, 1.82) is 0 Å². The molecule has 1 amide bonds. The number of fused-ring (bicyclic) bond motifs is 3. The van der Waals surface area contributed by atoms with E-state index in [1.54, 1.807) is 18.2 Å². The molecule has 22 heteroatoms. The van der Waals surface area contributed by atoms with E-state index in [-0.39, 0.29) is 18.3 Å². The monoisotopic (exact) mass is 1200 g/mol. The van der Waals surface area contributed by atoms with Crippen molar-refractivity contribution >= 4 is 124 Å². The number of aromatic nitrogens is 3. The minimum Gasteiger partial charge on any atom is -0.472 e. The summed E-state index contributed by atoms with van der Waals surface area (Å²) in [6, 6.07) is 50.7. The van der Waals surface area contributed by atoms with Gasteiger partial charge in [-0.2, -0.15) is 8.42 Å². The van der Waals surface area contributed by atoms with Crippen LogP contribution >= 0.6 is 46.4 Å². The van der Waals surface area contributed by atoms with Gasteiger partial charge in [-0.1, -0.05) is 94.9 Å². The van der Waals surface area contributed by atoms with Gasteiger partial charge in [0.1, 0.15) is 17.4 Å². The molecule has 0 radical (unpaired) electrons.